The van der Waals surface area contributed by atoms with Crippen molar-refractivity contribution >= 4 is 17.9 Å². The van der Waals surface area contributed by atoms with Gasteiger partial charge in [0.25, 0.3) is 6.29 Å². The second-order valence-corrected chi connectivity index (χ2v) is 26.6. The van der Waals surface area contributed by atoms with Crippen LogP contribution in [-0.2, 0) is 33.3 Å². The first kappa shape index (κ1) is 92.9. The van der Waals surface area contributed by atoms with E-state index in [2.05, 4.69) is 220 Å². The Labute approximate surface area is 607 Å². The number of carboxylic acids is 1. The number of hydrogen-bond acceptors (Lipinski definition) is 7. The summed E-state index contributed by atoms with van der Waals surface area (Å²) in [6.07, 6.45) is 118. The number of rotatable bonds is 70. The van der Waals surface area contributed by atoms with Gasteiger partial charge in [-0.2, -0.15) is 0 Å². The Kier molecular flexibility index (Phi) is 72.8. The molecule has 0 fully saturated rings. The Morgan fingerprint density at radius 1 is 0.303 bits per heavy atom. The molecule has 0 aromatic heterocycles. The van der Waals surface area contributed by atoms with Gasteiger partial charge in [-0.25, -0.2) is 4.79 Å². The molecule has 0 saturated heterocycles. The van der Waals surface area contributed by atoms with Gasteiger partial charge in [0.15, 0.2) is 6.10 Å². The van der Waals surface area contributed by atoms with E-state index in [4.69, 9.17) is 18.9 Å². The minimum Gasteiger partial charge on any atom is -0.477 e. The number of carbonyl (C=O) groups excluding carboxylic acids is 2. The first-order valence-corrected chi connectivity index (χ1v) is 39.2. The smallest absolute Gasteiger partial charge is 0.361 e. The van der Waals surface area contributed by atoms with Crippen molar-refractivity contribution in [3.05, 3.63) is 207 Å². The van der Waals surface area contributed by atoms with Crippen LogP contribution in [0, 0.1) is 0 Å². The summed E-state index contributed by atoms with van der Waals surface area (Å²) in [5, 5.41) is 9.77. The van der Waals surface area contributed by atoms with Gasteiger partial charge in [0.2, 0.25) is 0 Å². The standard InChI is InChI=1S/C90H143NO8/c1-6-8-10-12-14-16-18-20-22-24-26-28-30-32-34-36-38-40-41-42-43-44-45-46-47-49-51-53-55-57-59-61-63-65-67-69-71-73-75-77-79-81-88(93)99-86(85-98-90(89(94)95)96-83-82-91(3,4)5)84-97-87(92)80-78-76-74-72-70-68-66-64-62-60-58-56-54-52-50-48-39-37-35-33-31-29-27-25-23-21-19-17-15-13-11-9-7-2/h8-11,14-17,20-23,26-29,32-35,38-40,42-43,45-46,48-49,51,55,57,61,63,86,90H,6-7,12-13,18-19,24-25,30-31,36-37,41,44,47,50,52-54,56,58-60,62,64-85H2,1-5H3/p+1/b10-8-,11-9-,16-14-,17-15-,22-20-,23-21-,28-26-,29-27-,34-32-,35-33-,40-38-,43-42-,46-45-,48-39-,51-49-,57-55-,63-61-. The quantitative estimate of drug-likeness (QED) is 0.0211. The summed E-state index contributed by atoms with van der Waals surface area (Å²) >= 11 is 0. The molecule has 0 spiro atoms. The first-order chi connectivity index (χ1) is 48.6. The molecule has 0 aliphatic rings. The molecule has 0 amide bonds. The topological polar surface area (TPSA) is 108 Å². The summed E-state index contributed by atoms with van der Waals surface area (Å²) in [6, 6.07) is 0. The minimum atomic E-state index is -1.53. The van der Waals surface area contributed by atoms with Crippen LogP contribution < -0.4 is 0 Å². The number of ether oxygens (including phenoxy) is 4. The van der Waals surface area contributed by atoms with Crippen molar-refractivity contribution in [2.24, 2.45) is 0 Å². The molecule has 0 aromatic carbocycles. The zero-order valence-electron chi connectivity index (χ0n) is 63.6. The molecule has 99 heavy (non-hydrogen) atoms. The summed E-state index contributed by atoms with van der Waals surface area (Å²) < 4.78 is 23.0. The number of hydrogen-bond donors (Lipinski definition) is 1. The number of quaternary nitrogens is 1. The molecule has 2 unspecified atom stereocenters. The summed E-state index contributed by atoms with van der Waals surface area (Å²) in [5.74, 6) is -2.03. The normalized spacial score (nSPS) is 13.8. The highest BCUT2D eigenvalue weighted by atomic mass is 16.7. The van der Waals surface area contributed by atoms with Crippen LogP contribution in [0.4, 0.5) is 0 Å². The third-order valence-electron chi connectivity index (χ3n) is 16.0. The molecule has 0 heterocycles. The summed E-state index contributed by atoms with van der Waals surface area (Å²) in [6.45, 7) is 4.62. The Bertz CT molecular complexity index is 2390. The van der Waals surface area contributed by atoms with E-state index in [0.717, 1.165) is 154 Å². The largest absolute Gasteiger partial charge is 0.477 e. The molecule has 9 heteroatoms. The fraction of sp³-hybridized carbons (Fsp3) is 0.589. The Hall–Kier alpha value is -6.13. The minimum absolute atomic E-state index is 0.175. The van der Waals surface area contributed by atoms with E-state index >= 15 is 0 Å². The van der Waals surface area contributed by atoms with Gasteiger partial charge < -0.3 is 28.5 Å². The Balaban J connectivity index is 4.16. The average Bonchev–Trinajstić information content (AvgIpc) is 2.62. The van der Waals surface area contributed by atoms with E-state index in [1.165, 1.54) is 96.3 Å². The highest BCUT2D eigenvalue weighted by Crippen LogP contribution is 2.16. The molecular weight excluding hydrogens is 1220 g/mol. The van der Waals surface area contributed by atoms with E-state index in [0.29, 0.717) is 17.4 Å². The van der Waals surface area contributed by atoms with Crippen molar-refractivity contribution in [3.63, 3.8) is 0 Å². The molecular formula is C90H144NO8+. The number of carboxylic acid groups (broad SMARTS) is 1. The third-order valence-corrected chi connectivity index (χ3v) is 16.0. The van der Waals surface area contributed by atoms with Crippen molar-refractivity contribution in [1.29, 1.82) is 0 Å². The van der Waals surface area contributed by atoms with E-state index in [-0.39, 0.29) is 38.6 Å². The van der Waals surface area contributed by atoms with E-state index in [9.17, 15) is 19.5 Å². The van der Waals surface area contributed by atoms with Crippen LogP contribution in [0.2, 0.25) is 0 Å². The molecule has 1 N–H and O–H groups in total. The third kappa shape index (κ3) is 79.1. The van der Waals surface area contributed by atoms with E-state index in [1.807, 2.05) is 21.1 Å². The van der Waals surface area contributed by atoms with E-state index < -0.39 is 24.3 Å². The second kappa shape index (κ2) is 77.6. The number of carbonyl (C=O) groups is 3. The van der Waals surface area contributed by atoms with Crippen molar-refractivity contribution in [1.82, 2.24) is 0 Å². The predicted octanol–water partition coefficient (Wildman–Crippen LogP) is 25.5. The second-order valence-electron chi connectivity index (χ2n) is 26.6. The highest BCUT2D eigenvalue weighted by Gasteiger charge is 2.25. The number of likely N-dealkylation sites (N-methyl/N-ethyl adjacent to an activating group) is 1. The number of esters is 2. The maximum Gasteiger partial charge on any atom is 0.361 e. The van der Waals surface area contributed by atoms with Gasteiger partial charge in [0.1, 0.15) is 13.2 Å². The molecule has 0 bridgehead atoms. The highest BCUT2D eigenvalue weighted by molar-refractivity contribution is 5.71. The van der Waals surface area contributed by atoms with Crippen LogP contribution in [0.3, 0.4) is 0 Å². The Morgan fingerprint density at radius 3 is 0.808 bits per heavy atom. The summed E-state index contributed by atoms with van der Waals surface area (Å²) in [4.78, 5) is 37.7. The maximum absolute atomic E-state index is 13.0. The van der Waals surface area contributed by atoms with Crippen LogP contribution in [0.1, 0.15) is 284 Å². The summed E-state index contributed by atoms with van der Waals surface area (Å²) in [5.41, 5.74) is 0. The van der Waals surface area contributed by atoms with Gasteiger partial charge in [0, 0.05) is 12.8 Å². The Morgan fingerprint density at radius 2 is 0.545 bits per heavy atom. The van der Waals surface area contributed by atoms with Gasteiger partial charge in [-0.1, -0.05) is 330 Å². The van der Waals surface area contributed by atoms with Crippen molar-refractivity contribution in [2.75, 3.05) is 47.5 Å². The van der Waals surface area contributed by atoms with Crippen molar-refractivity contribution < 1.29 is 42.9 Å². The molecule has 0 aromatic rings. The first-order valence-electron chi connectivity index (χ1n) is 39.2. The SMILES string of the molecule is CC/C=C\C/C=C\C/C=C\C/C=C\C/C=C\C/C=C\C/C=C\C/C=C\C/C=C\C/C=C\C/C=C\CCCCCCCCCC(=O)OC(COC(=O)CCCCCCCCCCCCCCCC/C=C\C/C=C\C/C=C\C/C=C\C/C=C\C/C=C\CC)COC(OCC[N+](C)(C)C)C(=O)O. The fourth-order valence-electron chi connectivity index (χ4n) is 10.1. The lowest BCUT2D eigenvalue weighted by Gasteiger charge is -2.25. The van der Waals surface area contributed by atoms with Gasteiger partial charge in [-0.15, -0.1) is 0 Å². The predicted molar refractivity (Wildman–Crippen MR) is 428 cm³/mol. The fourth-order valence-corrected chi connectivity index (χ4v) is 10.1. The number of allylic oxidation sites excluding steroid dienone is 34. The van der Waals surface area contributed by atoms with Crippen LogP contribution in [0.5, 0.6) is 0 Å². The maximum atomic E-state index is 13.0. The van der Waals surface area contributed by atoms with Gasteiger partial charge >= 0.3 is 17.9 Å². The monoisotopic (exact) mass is 1370 g/mol. The molecule has 2 atom stereocenters. The van der Waals surface area contributed by atoms with E-state index in [1.54, 1.807) is 0 Å². The van der Waals surface area contributed by atoms with Crippen molar-refractivity contribution in [3.8, 4) is 0 Å². The lowest BCUT2D eigenvalue weighted by atomic mass is 10.0. The molecule has 0 aliphatic heterocycles. The van der Waals surface area contributed by atoms with Crippen LogP contribution in [-0.4, -0.2) is 87.4 Å². The molecule has 9 nitrogen and oxygen atoms in total. The molecule has 0 saturated carbocycles. The zero-order valence-corrected chi connectivity index (χ0v) is 63.6. The lowest BCUT2D eigenvalue weighted by Crippen LogP contribution is -2.40. The lowest BCUT2D eigenvalue weighted by molar-refractivity contribution is -0.870. The van der Waals surface area contributed by atoms with Crippen LogP contribution in [0.25, 0.3) is 0 Å². The molecule has 556 valence electrons. The van der Waals surface area contributed by atoms with Gasteiger partial charge in [-0.3, -0.25) is 9.59 Å². The summed E-state index contributed by atoms with van der Waals surface area (Å²) in [7, 11) is 5.97. The van der Waals surface area contributed by atoms with Crippen LogP contribution >= 0.6 is 0 Å². The van der Waals surface area contributed by atoms with Gasteiger partial charge in [0.05, 0.1) is 34.4 Å². The molecule has 0 radical (unpaired) electrons. The van der Waals surface area contributed by atoms with Crippen molar-refractivity contribution in [2.45, 2.75) is 296 Å². The van der Waals surface area contributed by atoms with Crippen LogP contribution in [0.15, 0.2) is 207 Å². The molecule has 0 rings (SSSR count). The number of aliphatic carboxylic acids is 1. The number of nitrogens with zero attached hydrogens (tertiary/aromatic N) is 1. The number of unbranched alkanes of at least 4 members (excludes halogenated alkanes) is 21. The zero-order chi connectivity index (χ0) is 71.8. The average molecular weight is 1370 g/mol. The molecule has 0 aliphatic carbocycles. The van der Waals surface area contributed by atoms with Gasteiger partial charge in [-0.05, 0) is 148 Å².